The Kier molecular flexibility index (Phi) is 9.25. The molecule has 4 N–H and O–H groups in total. The van der Waals surface area contributed by atoms with Gasteiger partial charge in [0.05, 0.1) is 29.3 Å². The van der Waals surface area contributed by atoms with E-state index in [2.05, 4.69) is 26.3 Å². The van der Waals surface area contributed by atoms with E-state index in [1.165, 1.54) is 12.6 Å². The van der Waals surface area contributed by atoms with Crippen LogP contribution in [0.25, 0.3) is 11.0 Å². The van der Waals surface area contributed by atoms with E-state index in [-0.39, 0.29) is 23.3 Å². The molecule has 1 unspecified atom stereocenters. The largest absolute Gasteiger partial charge is 0.431 e. The lowest BCUT2D eigenvalue weighted by molar-refractivity contribution is -0.0932. The zero-order chi connectivity index (χ0) is 29.7. The fraction of sp³-hybridized carbons (Fsp3) is 0.323. The third-order valence-electron chi connectivity index (χ3n) is 7.51. The van der Waals surface area contributed by atoms with Crippen LogP contribution in [0.3, 0.4) is 0 Å². The number of benzene rings is 2. The second-order valence-electron chi connectivity index (χ2n) is 10.4. The van der Waals surface area contributed by atoms with Crippen molar-refractivity contribution in [3.05, 3.63) is 106 Å². The highest BCUT2D eigenvalue weighted by Crippen LogP contribution is 2.35. The Labute approximate surface area is 247 Å². The van der Waals surface area contributed by atoms with Gasteiger partial charge in [-0.2, -0.15) is 13.2 Å². The summed E-state index contributed by atoms with van der Waals surface area (Å²) >= 11 is 5.92. The minimum absolute atomic E-state index is 0.152. The number of aromatic nitrogens is 3. The van der Waals surface area contributed by atoms with E-state index in [0.29, 0.717) is 19.6 Å². The quantitative estimate of drug-likeness (QED) is 0.191. The summed E-state index contributed by atoms with van der Waals surface area (Å²) in [5.41, 5.74) is 10.2. The first-order valence-electron chi connectivity index (χ1n) is 13.8. The predicted molar refractivity (Wildman–Crippen MR) is 160 cm³/mol. The van der Waals surface area contributed by atoms with Crippen molar-refractivity contribution in [3.63, 3.8) is 0 Å². The van der Waals surface area contributed by atoms with Gasteiger partial charge < -0.3 is 16.0 Å². The van der Waals surface area contributed by atoms with E-state index >= 15 is 0 Å². The number of rotatable bonds is 10. The number of hydrogen-bond donors (Lipinski definition) is 3. The van der Waals surface area contributed by atoms with Crippen LogP contribution in [0.1, 0.15) is 47.1 Å². The average Bonchev–Trinajstić information content (AvgIpc) is 3.41. The third kappa shape index (κ3) is 7.00. The summed E-state index contributed by atoms with van der Waals surface area (Å²) < 4.78 is 39.5. The number of aliphatic imine (C=N–C) groups is 1. The number of aryl methyl sites for hydroxylation is 1. The number of pyridine rings is 1. The number of hydrogen-bond acceptors (Lipinski definition) is 6. The standard InChI is InChI=1S/C31H33ClF3N7/c1-37-30(32)23(29(36)31(33,34)35)17-38-16-20-11-13-21(14-12-20)18-42(19-27-40-24-8-2-3-9-25(24)41-27)26-10-4-6-22-7-5-15-39-28(22)26/h2-3,5,7-9,11-15,26,38H,4,6,10,16-19,36H2,1H3,(H,40,41)/b29-23-,37-30?. The number of nitrogens with two attached hydrogens (primary N) is 1. The molecule has 1 aliphatic rings. The highest BCUT2D eigenvalue weighted by Gasteiger charge is 2.35. The van der Waals surface area contributed by atoms with Crippen LogP contribution in [0.15, 0.2) is 83.1 Å². The van der Waals surface area contributed by atoms with Gasteiger partial charge in [-0.15, -0.1) is 0 Å². The Morgan fingerprint density at radius 1 is 1.10 bits per heavy atom. The van der Waals surface area contributed by atoms with Crippen LogP contribution in [0.4, 0.5) is 13.2 Å². The van der Waals surface area contributed by atoms with Crippen LogP contribution in [0.2, 0.25) is 0 Å². The number of imidazole rings is 1. The van der Waals surface area contributed by atoms with Crippen molar-refractivity contribution >= 4 is 27.8 Å². The molecule has 220 valence electrons. The first-order valence-corrected chi connectivity index (χ1v) is 14.2. The SMILES string of the molecule is CN=C(Cl)/C(CNCc1ccc(CN(Cc2nc3ccccc3[nH]2)C2CCCc3cccnc32)cc1)=C(\N)C(F)(F)F. The summed E-state index contributed by atoms with van der Waals surface area (Å²) in [6.07, 6.45) is 0.299. The molecule has 0 radical (unpaired) electrons. The summed E-state index contributed by atoms with van der Waals surface area (Å²) in [6.45, 7) is 1.49. The zero-order valence-corrected chi connectivity index (χ0v) is 24.0. The lowest BCUT2D eigenvalue weighted by Gasteiger charge is -2.34. The number of nitrogens with one attached hydrogen (secondary N) is 2. The molecule has 2 aromatic carbocycles. The third-order valence-corrected chi connectivity index (χ3v) is 7.91. The van der Waals surface area contributed by atoms with Gasteiger partial charge in [-0.05, 0) is 54.2 Å². The summed E-state index contributed by atoms with van der Waals surface area (Å²) in [4.78, 5) is 19.2. The Morgan fingerprint density at radius 3 is 2.60 bits per heavy atom. The van der Waals surface area contributed by atoms with Gasteiger partial charge >= 0.3 is 6.18 Å². The highest BCUT2D eigenvalue weighted by molar-refractivity contribution is 6.69. The summed E-state index contributed by atoms with van der Waals surface area (Å²) in [7, 11) is 1.32. The fourth-order valence-electron chi connectivity index (χ4n) is 5.40. The molecule has 0 saturated carbocycles. The van der Waals surface area contributed by atoms with Gasteiger partial charge in [0.25, 0.3) is 0 Å². The number of para-hydroxylation sites is 2. The molecule has 42 heavy (non-hydrogen) atoms. The number of alkyl halides is 3. The summed E-state index contributed by atoms with van der Waals surface area (Å²) in [5.74, 6) is 0.899. The molecule has 2 heterocycles. The Bertz CT molecular complexity index is 1540. The lowest BCUT2D eigenvalue weighted by Crippen LogP contribution is -2.31. The van der Waals surface area contributed by atoms with Gasteiger partial charge in [-0.1, -0.05) is 54.1 Å². The molecule has 11 heteroatoms. The van der Waals surface area contributed by atoms with Crippen molar-refractivity contribution < 1.29 is 13.2 Å². The van der Waals surface area contributed by atoms with Crippen molar-refractivity contribution in [2.24, 2.45) is 10.7 Å². The molecular weight excluding hydrogens is 563 g/mol. The molecule has 0 amide bonds. The Morgan fingerprint density at radius 2 is 1.86 bits per heavy atom. The Hall–Kier alpha value is -3.73. The van der Waals surface area contributed by atoms with Crippen LogP contribution < -0.4 is 11.1 Å². The highest BCUT2D eigenvalue weighted by atomic mass is 35.5. The second kappa shape index (κ2) is 13.1. The smallest absolute Gasteiger partial charge is 0.394 e. The number of halogens is 4. The molecule has 0 spiro atoms. The first-order chi connectivity index (χ1) is 20.2. The minimum Gasteiger partial charge on any atom is -0.394 e. The molecule has 0 saturated heterocycles. The van der Waals surface area contributed by atoms with Crippen LogP contribution in [-0.4, -0.2) is 44.8 Å². The average molecular weight is 596 g/mol. The topological polar surface area (TPSA) is 95.2 Å². The maximum absolute atomic E-state index is 13.2. The number of allylic oxidation sites excluding steroid dienone is 1. The first kappa shape index (κ1) is 29.8. The monoisotopic (exact) mass is 595 g/mol. The van der Waals surface area contributed by atoms with Crippen molar-refractivity contribution in [2.45, 2.75) is 51.1 Å². The van der Waals surface area contributed by atoms with Crippen molar-refractivity contribution in [3.8, 4) is 0 Å². The van der Waals surface area contributed by atoms with Crippen molar-refractivity contribution in [1.82, 2.24) is 25.2 Å². The number of fused-ring (bicyclic) bond motifs is 2. The van der Waals surface area contributed by atoms with Gasteiger partial charge in [0.2, 0.25) is 0 Å². The number of nitrogens with zero attached hydrogens (tertiary/aromatic N) is 4. The predicted octanol–water partition coefficient (Wildman–Crippen LogP) is 6.17. The summed E-state index contributed by atoms with van der Waals surface area (Å²) in [5, 5.41) is 2.74. The van der Waals surface area contributed by atoms with Crippen LogP contribution >= 0.6 is 11.6 Å². The zero-order valence-electron chi connectivity index (χ0n) is 23.3. The van der Waals surface area contributed by atoms with Gasteiger partial charge in [-0.25, -0.2) is 4.98 Å². The molecule has 0 bridgehead atoms. The van der Waals surface area contributed by atoms with Gasteiger partial charge in [0, 0.05) is 38.5 Å². The van der Waals surface area contributed by atoms with E-state index in [4.69, 9.17) is 27.3 Å². The Balaban J connectivity index is 1.31. The fourth-order valence-corrected chi connectivity index (χ4v) is 5.57. The minimum atomic E-state index is -4.69. The molecular formula is C31H33ClF3N7. The van der Waals surface area contributed by atoms with E-state index < -0.39 is 11.9 Å². The molecule has 0 aliphatic heterocycles. The maximum Gasteiger partial charge on any atom is 0.431 e. The van der Waals surface area contributed by atoms with E-state index in [1.807, 2.05) is 60.8 Å². The molecule has 5 rings (SSSR count). The molecule has 7 nitrogen and oxygen atoms in total. The lowest BCUT2D eigenvalue weighted by atomic mass is 9.90. The molecule has 2 aromatic heterocycles. The van der Waals surface area contributed by atoms with Gasteiger partial charge in [-0.3, -0.25) is 14.9 Å². The van der Waals surface area contributed by atoms with E-state index in [0.717, 1.165) is 52.9 Å². The van der Waals surface area contributed by atoms with Crippen LogP contribution in [0, 0.1) is 0 Å². The normalized spacial score (nSPS) is 16.5. The van der Waals surface area contributed by atoms with Gasteiger partial charge in [0.15, 0.2) is 0 Å². The van der Waals surface area contributed by atoms with Crippen molar-refractivity contribution in [1.29, 1.82) is 0 Å². The van der Waals surface area contributed by atoms with Crippen LogP contribution in [0.5, 0.6) is 0 Å². The van der Waals surface area contributed by atoms with E-state index in [1.54, 1.807) is 0 Å². The molecule has 4 aromatic rings. The number of aromatic amines is 1. The van der Waals surface area contributed by atoms with Gasteiger partial charge in [0.1, 0.15) is 16.7 Å². The molecule has 0 fully saturated rings. The molecule has 1 aliphatic carbocycles. The van der Waals surface area contributed by atoms with Crippen LogP contribution in [-0.2, 0) is 26.1 Å². The molecule has 1 atom stereocenters. The number of H-pyrrole nitrogens is 1. The summed E-state index contributed by atoms with van der Waals surface area (Å²) in [6, 6.07) is 20.4. The second-order valence-corrected chi connectivity index (χ2v) is 10.7. The maximum atomic E-state index is 13.2. The van der Waals surface area contributed by atoms with Crippen molar-refractivity contribution in [2.75, 3.05) is 13.6 Å². The van der Waals surface area contributed by atoms with E-state index in [9.17, 15) is 13.2 Å².